The van der Waals surface area contributed by atoms with E-state index in [9.17, 15) is 19.4 Å². The van der Waals surface area contributed by atoms with Gasteiger partial charge in [-0.1, -0.05) is 23.7 Å². The minimum Gasteiger partial charge on any atom is -0.504 e. The first-order chi connectivity index (χ1) is 11.4. The Morgan fingerprint density at radius 2 is 2.08 bits per heavy atom. The number of ether oxygens (including phenoxy) is 1. The molecule has 0 aromatic heterocycles. The fourth-order valence-electron chi connectivity index (χ4n) is 2.14. The molecule has 0 heterocycles. The summed E-state index contributed by atoms with van der Waals surface area (Å²) in [4.78, 5) is 11.9. The van der Waals surface area contributed by atoms with Gasteiger partial charge in [-0.2, -0.15) is 0 Å². The van der Waals surface area contributed by atoms with Crippen LogP contribution in [0.3, 0.4) is 0 Å². The summed E-state index contributed by atoms with van der Waals surface area (Å²) in [7, 11) is 1.45. The summed E-state index contributed by atoms with van der Waals surface area (Å²) in [6.45, 7) is 0.264. The molecule has 5 nitrogen and oxygen atoms in total. The number of carbonyl (C=O) groups excluding carboxylic acids is 1. The van der Waals surface area contributed by atoms with E-state index in [0.29, 0.717) is 12.2 Å². The van der Waals surface area contributed by atoms with Gasteiger partial charge in [0.1, 0.15) is 5.82 Å². The average Bonchev–Trinajstić information content (AvgIpc) is 2.58. The van der Waals surface area contributed by atoms with E-state index in [0.717, 1.165) is 11.6 Å². The first kappa shape index (κ1) is 18.0. The number of amides is 1. The molecule has 1 amide bonds. The highest BCUT2D eigenvalue weighted by atomic mass is 35.5. The van der Waals surface area contributed by atoms with Crippen molar-refractivity contribution in [3.05, 3.63) is 58.4 Å². The summed E-state index contributed by atoms with van der Waals surface area (Å²) in [6, 6.07) is 8.56. The number of hydrogen-bond donors (Lipinski definition) is 3. The summed E-state index contributed by atoms with van der Waals surface area (Å²) in [5.74, 6) is -0.958. The van der Waals surface area contributed by atoms with Gasteiger partial charge in [0.25, 0.3) is 5.91 Å². The van der Waals surface area contributed by atoms with Gasteiger partial charge < -0.3 is 20.3 Å². The second kappa shape index (κ2) is 7.99. The molecule has 1 atom stereocenters. The molecule has 2 rings (SSSR count). The van der Waals surface area contributed by atoms with Crippen molar-refractivity contribution in [1.82, 2.24) is 5.32 Å². The van der Waals surface area contributed by atoms with E-state index in [1.165, 1.54) is 25.3 Å². The van der Waals surface area contributed by atoms with E-state index in [-0.39, 0.29) is 22.9 Å². The van der Waals surface area contributed by atoms with Crippen LogP contribution in [-0.4, -0.2) is 29.8 Å². The molecule has 0 radical (unpaired) electrons. The van der Waals surface area contributed by atoms with Crippen LogP contribution in [0, 0.1) is 5.82 Å². The van der Waals surface area contributed by atoms with Crippen molar-refractivity contribution >= 4 is 17.5 Å². The number of aliphatic hydroxyl groups is 1. The number of phenols is 1. The molecule has 0 spiro atoms. The number of carbonyl (C=O) groups is 1. The first-order valence-corrected chi connectivity index (χ1v) is 7.56. The molecule has 128 valence electrons. The third kappa shape index (κ3) is 4.37. The molecule has 0 saturated carbocycles. The minimum atomic E-state index is -1.48. The van der Waals surface area contributed by atoms with Crippen LogP contribution in [0.25, 0.3) is 0 Å². The Morgan fingerprint density at radius 1 is 1.33 bits per heavy atom. The Morgan fingerprint density at radius 3 is 2.75 bits per heavy atom. The zero-order valence-electron chi connectivity index (χ0n) is 12.9. The Balaban J connectivity index is 1.91. The van der Waals surface area contributed by atoms with E-state index < -0.39 is 17.8 Å². The monoisotopic (exact) mass is 353 g/mol. The molecule has 0 aliphatic carbocycles. The van der Waals surface area contributed by atoms with Gasteiger partial charge in [0.15, 0.2) is 17.6 Å². The van der Waals surface area contributed by atoms with E-state index >= 15 is 0 Å². The van der Waals surface area contributed by atoms with Crippen LogP contribution in [0.15, 0.2) is 36.4 Å². The quantitative estimate of drug-likeness (QED) is 0.746. The van der Waals surface area contributed by atoms with Gasteiger partial charge >= 0.3 is 0 Å². The second-order valence-corrected chi connectivity index (χ2v) is 5.53. The number of benzene rings is 2. The largest absolute Gasteiger partial charge is 0.504 e. The first-order valence-electron chi connectivity index (χ1n) is 7.19. The van der Waals surface area contributed by atoms with Gasteiger partial charge in [-0.25, -0.2) is 4.39 Å². The highest BCUT2D eigenvalue weighted by Gasteiger charge is 2.18. The van der Waals surface area contributed by atoms with Crippen molar-refractivity contribution < 1.29 is 24.1 Å². The molecular weight excluding hydrogens is 337 g/mol. The molecule has 3 N–H and O–H groups in total. The molecule has 2 aromatic rings. The fourth-order valence-corrected chi connectivity index (χ4v) is 2.26. The van der Waals surface area contributed by atoms with Crippen molar-refractivity contribution in [3.63, 3.8) is 0 Å². The van der Waals surface area contributed by atoms with Crippen molar-refractivity contribution in [2.24, 2.45) is 0 Å². The molecular formula is C17H17ClFNO4. The molecule has 0 fully saturated rings. The Kier molecular flexibility index (Phi) is 6.00. The van der Waals surface area contributed by atoms with E-state index in [4.69, 9.17) is 16.3 Å². The zero-order chi connectivity index (χ0) is 17.7. The van der Waals surface area contributed by atoms with Gasteiger partial charge in [0, 0.05) is 6.54 Å². The number of aromatic hydroxyl groups is 1. The second-order valence-electron chi connectivity index (χ2n) is 5.12. The Hall–Kier alpha value is -2.31. The number of nitrogens with one attached hydrogen (secondary N) is 1. The van der Waals surface area contributed by atoms with E-state index in [2.05, 4.69) is 5.32 Å². The maximum atomic E-state index is 13.4. The number of halogens is 2. The number of aliphatic hydroxyl groups excluding tert-OH is 1. The molecule has 0 saturated heterocycles. The predicted octanol–water partition coefficient (Wildman–Crippen LogP) is 2.59. The average molecular weight is 354 g/mol. The van der Waals surface area contributed by atoms with Gasteiger partial charge in [0.2, 0.25) is 0 Å². The van der Waals surface area contributed by atoms with Crippen molar-refractivity contribution in [1.29, 1.82) is 0 Å². The minimum absolute atomic E-state index is 0.0328. The summed E-state index contributed by atoms with van der Waals surface area (Å²) in [5.41, 5.74) is 0.970. The Bertz CT molecular complexity index is 739. The topological polar surface area (TPSA) is 78.8 Å². The predicted molar refractivity (Wildman–Crippen MR) is 87.7 cm³/mol. The van der Waals surface area contributed by atoms with Crippen LogP contribution in [-0.2, 0) is 11.2 Å². The molecule has 0 aliphatic rings. The fraction of sp³-hybridized carbons (Fsp3) is 0.235. The zero-order valence-corrected chi connectivity index (χ0v) is 13.7. The molecule has 0 aliphatic heterocycles. The Labute approximate surface area is 143 Å². The highest BCUT2D eigenvalue weighted by molar-refractivity contribution is 6.30. The maximum Gasteiger partial charge on any atom is 0.253 e. The third-order valence-electron chi connectivity index (χ3n) is 3.46. The lowest BCUT2D eigenvalue weighted by Crippen LogP contribution is -2.31. The van der Waals surface area contributed by atoms with Crippen LogP contribution < -0.4 is 10.1 Å². The summed E-state index contributed by atoms with van der Waals surface area (Å²) in [6.07, 6.45) is -1.00. The van der Waals surface area contributed by atoms with E-state index in [1.807, 2.05) is 0 Å². The van der Waals surface area contributed by atoms with Crippen molar-refractivity contribution in [2.75, 3.05) is 13.7 Å². The smallest absolute Gasteiger partial charge is 0.253 e. The van der Waals surface area contributed by atoms with Gasteiger partial charge in [-0.05, 0) is 41.8 Å². The van der Waals surface area contributed by atoms with Crippen LogP contribution in [0.1, 0.15) is 17.2 Å². The lowest BCUT2D eigenvalue weighted by atomic mass is 10.1. The van der Waals surface area contributed by atoms with Crippen molar-refractivity contribution in [3.8, 4) is 11.5 Å². The normalized spacial score (nSPS) is 11.8. The number of hydrogen-bond acceptors (Lipinski definition) is 4. The van der Waals surface area contributed by atoms with Gasteiger partial charge in [-0.3, -0.25) is 4.79 Å². The van der Waals surface area contributed by atoms with Crippen molar-refractivity contribution in [2.45, 2.75) is 12.5 Å². The lowest BCUT2D eigenvalue weighted by molar-refractivity contribution is -0.129. The van der Waals surface area contributed by atoms with Gasteiger partial charge in [0.05, 0.1) is 12.1 Å². The molecule has 24 heavy (non-hydrogen) atoms. The van der Waals surface area contributed by atoms with Crippen LogP contribution in [0.2, 0.25) is 5.02 Å². The summed E-state index contributed by atoms with van der Waals surface area (Å²) in [5, 5.41) is 22.0. The van der Waals surface area contributed by atoms with Gasteiger partial charge in [-0.15, -0.1) is 0 Å². The molecule has 2 aromatic carbocycles. The van der Waals surface area contributed by atoms with E-state index in [1.54, 1.807) is 12.1 Å². The summed E-state index contributed by atoms with van der Waals surface area (Å²) >= 11 is 5.57. The summed E-state index contributed by atoms with van der Waals surface area (Å²) < 4.78 is 18.4. The standard InChI is InChI=1S/C17H17ClFNO4/c1-24-15-8-10(2-5-14(15)21)6-7-20-17(23)16(22)11-3-4-12(18)13(19)9-11/h2-5,8-9,16,21-22H,6-7H2,1H3,(H,20,23)/t16-/m1/s1. The van der Waals surface area contributed by atoms with Crippen LogP contribution in [0.4, 0.5) is 4.39 Å². The third-order valence-corrected chi connectivity index (χ3v) is 3.77. The SMILES string of the molecule is COc1cc(CCNC(=O)[C@H](O)c2ccc(Cl)c(F)c2)ccc1O. The maximum absolute atomic E-state index is 13.4. The lowest BCUT2D eigenvalue weighted by Gasteiger charge is -2.12. The highest BCUT2D eigenvalue weighted by Crippen LogP contribution is 2.26. The molecule has 7 heteroatoms. The number of methoxy groups -OCH3 is 1. The number of phenolic OH excluding ortho intramolecular Hbond substituents is 1. The molecule has 0 unspecified atom stereocenters. The van der Waals surface area contributed by atoms with Crippen LogP contribution in [0.5, 0.6) is 11.5 Å². The number of rotatable bonds is 6. The van der Waals surface area contributed by atoms with Crippen LogP contribution >= 0.6 is 11.6 Å². The molecule has 0 bridgehead atoms.